The molecule has 9 heteroatoms. The molecular formula is C17H15N3O4S2. The van der Waals surface area contributed by atoms with Crippen LogP contribution < -0.4 is 9.80 Å². The van der Waals surface area contributed by atoms with E-state index in [1.165, 1.54) is 12.1 Å². The van der Waals surface area contributed by atoms with Gasteiger partial charge in [0.15, 0.2) is 14.9 Å². The molecule has 0 amide bonds. The fourth-order valence-corrected chi connectivity index (χ4v) is 6.03. The molecule has 0 aliphatic carbocycles. The molecule has 2 aromatic rings. The molecule has 2 saturated heterocycles. The Morgan fingerprint density at radius 3 is 1.92 bits per heavy atom. The van der Waals surface area contributed by atoms with Gasteiger partial charge in [0.05, 0.1) is 28.5 Å². The van der Waals surface area contributed by atoms with E-state index in [2.05, 4.69) is 0 Å². The first-order chi connectivity index (χ1) is 12.4. The van der Waals surface area contributed by atoms with Gasteiger partial charge in [0, 0.05) is 23.5 Å². The van der Waals surface area contributed by atoms with Crippen LogP contribution in [0.5, 0.6) is 0 Å². The van der Waals surface area contributed by atoms with Crippen LogP contribution in [0.1, 0.15) is 0 Å². The highest BCUT2D eigenvalue weighted by Gasteiger charge is 2.52. The van der Waals surface area contributed by atoms with Crippen LogP contribution in [0.3, 0.4) is 0 Å². The van der Waals surface area contributed by atoms with Crippen molar-refractivity contribution in [1.29, 1.82) is 0 Å². The number of anilines is 2. The van der Waals surface area contributed by atoms with Crippen LogP contribution in [0, 0.1) is 10.1 Å². The number of para-hydroxylation sites is 1. The molecule has 134 valence electrons. The maximum atomic E-state index is 12.3. The van der Waals surface area contributed by atoms with Gasteiger partial charge < -0.3 is 9.80 Å². The highest BCUT2D eigenvalue weighted by Crippen LogP contribution is 2.38. The van der Waals surface area contributed by atoms with Crippen molar-refractivity contribution in [2.75, 3.05) is 21.3 Å². The van der Waals surface area contributed by atoms with Crippen molar-refractivity contribution in [2.24, 2.45) is 0 Å². The van der Waals surface area contributed by atoms with E-state index < -0.39 is 14.8 Å². The van der Waals surface area contributed by atoms with Crippen molar-refractivity contribution in [2.45, 2.75) is 12.1 Å². The fourth-order valence-electron chi connectivity index (χ4n) is 3.63. The van der Waals surface area contributed by atoms with Crippen LogP contribution in [0.2, 0.25) is 0 Å². The van der Waals surface area contributed by atoms with Gasteiger partial charge in [-0.2, -0.15) is 0 Å². The van der Waals surface area contributed by atoms with Crippen molar-refractivity contribution in [3.8, 4) is 0 Å². The van der Waals surface area contributed by atoms with E-state index >= 15 is 0 Å². The lowest BCUT2D eigenvalue weighted by molar-refractivity contribution is -0.384. The second-order valence-corrected chi connectivity index (χ2v) is 8.86. The lowest BCUT2D eigenvalue weighted by Crippen LogP contribution is -2.37. The first kappa shape index (κ1) is 16.9. The minimum Gasteiger partial charge on any atom is -0.312 e. The van der Waals surface area contributed by atoms with Gasteiger partial charge in [-0.1, -0.05) is 18.2 Å². The Morgan fingerprint density at radius 1 is 0.923 bits per heavy atom. The number of hydrogen-bond acceptors (Lipinski definition) is 5. The molecule has 2 fully saturated rings. The first-order valence-electron chi connectivity index (χ1n) is 8.00. The molecule has 4 rings (SSSR count). The summed E-state index contributed by atoms with van der Waals surface area (Å²) in [4.78, 5) is 14.1. The second kappa shape index (κ2) is 6.03. The third-order valence-electron chi connectivity index (χ3n) is 4.74. The Labute approximate surface area is 155 Å². The van der Waals surface area contributed by atoms with Crippen LogP contribution in [-0.4, -0.2) is 42.0 Å². The van der Waals surface area contributed by atoms with E-state index in [4.69, 9.17) is 12.2 Å². The molecule has 2 atom stereocenters. The number of sulfone groups is 1. The van der Waals surface area contributed by atoms with Crippen LogP contribution in [0.4, 0.5) is 17.1 Å². The molecule has 0 radical (unpaired) electrons. The van der Waals surface area contributed by atoms with E-state index in [9.17, 15) is 18.5 Å². The average Bonchev–Trinajstić information content (AvgIpc) is 3.04. The summed E-state index contributed by atoms with van der Waals surface area (Å²) in [6.07, 6.45) is 0. The first-order valence-corrected chi connectivity index (χ1v) is 10.2. The molecule has 0 aromatic heterocycles. The number of nitro benzene ring substituents is 1. The van der Waals surface area contributed by atoms with Crippen molar-refractivity contribution < 1.29 is 13.3 Å². The molecule has 0 spiro atoms. The van der Waals surface area contributed by atoms with Crippen molar-refractivity contribution >= 4 is 44.2 Å². The third-order valence-corrected chi connectivity index (χ3v) is 6.83. The van der Waals surface area contributed by atoms with Gasteiger partial charge in [0.2, 0.25) is 0 Å². The van der Waals surface area contributed by atoms with Crippen LogP contribution in [0.25, 0.3) is 0 Å². The minimum atomic E-state index is -3.18. The topological polar surface area (TPSA) is 83.8 Å². The van der Waals surface area contributed by atoms with Gasteiger partial charge in [0.25, 0.3) is 5.69 Å². The second-order valence-electron chi connectivity index (χ2n) is 6.34. The van der Waals surface area contributed by atoms with Crippen LogP contribution in [-0.2, 0) is 9.84 Å². The molecular weight excluding hydrogens is 374 g/mol. The maximum absolute atomic E-state index is 12.3. The number of thiocarbonyl (C=S) groups is 1. The highest BCUT2D eigenvalue weighted by atomic mass is 32.2. The van der Waals surface area contributed by atoms with E-state index in [1.54, 1.807) is 17.0 Å². The summed E-state index contributed by atoms with van der Waals surface area (Å²) in [5, 5.41) is 11.4. The SMILES string of the molecule is O=[N+]([O-])c1ccc(N2C(=S)N(c3ccccc3)[C@H]3CS(=O)(=O)C[C@@H]32)cc1. The van der Waals surface area contributed by atoms with Gasteiger partial charge >= 0.3 is 0 Å². The summed E-state index contributed by atoms with van der Waals surface area (Å²) in [6, 6.07) is 14.9. The molecule has 7 nitrogen and oxygen atoms in total. The van der Waals surface area contributed by atoms with Gasteiger partial charge in [0.1, 0.15) is 0 Å². The number of fused-ring (bicyclic) bond motifs is 1. The highest BCUT2D eigenvalue weighted by molar-refractivity contribution is 7.91. The predicted octanol–water partition coefficient (Wildman–Crippen LogP) is 2.37. The number of hydrogen-bond donors (Lipinski definition) is 0. The number of rotatable bonds is 3. The van der Waals surface area contributed by atoms with Crippen molar-refractivity contribution in [3.63, 3.8) is 0 Å². The Bertz CT molecular complexity index is 977. The Hall–Kier alpha value is -2.52. The number of nitrogens with zero attached hydrogens (tertiary/aromatic N) is 3. The summed E-state index contributed by atoms with van der Waals surface area (Å²) in [7, 11) is -3.18. The summed E-state index contributed by atoms with van der Waals surface area (Å²) >= 11 is 5.66. The van der Waals surface area contributed by atoms with E-state index in [1.807, 2.05) is 35.2 Å². The van der Waals surface area contributed by atoms with Gasteiger partial charge in [-0.05, 0) is 36.5 Å². The standard InChI is InChI=1S/C17H15N3O4S2/c21-20(22)14-8-6-13(7-9-14)19-16-11-26(23,24)10-15(16)18(17(19)25)12-4-2-1-3-5-12/h1-9,15-16H,10-11H2/t15-,16-/m0/s1. The zero-order valence-corrected chi connectivity index (χ0v) is 15.2. The summed E-state index contributed by atoms with van der Waals surface area (Å²) in [5.41, 5.74) is 1.48. The summed E-state index contributed by atoms with van der Waals surface area (Å²) in [5.74, 6) is 0.0499. The third kappa shape index (κ3) is 2.73. The zero-order chi connectivity index (χ0) is 18.5. The van der Waals surface area contributed by atoms with Gasteiger partial charge in [-0.25, -0.2) is 8.42 Å². The normalized spacial score (nSPS) is 23.9. The quantitative estimate of drug-likeness (QED) is 0.453. The van der Waals surface area contributed by atoms with Crippen molar-refractivity contribution in [3.05, 3.63) is 64.7 Å². The zero-order valence-electron chi connectivity index (χ0n) is 13.6. The molecule has 2 heterocycles. The fraction of sp³-hybridized carbons (Fsp3) is 0.235. The summed E-state index contributed by atoms with van der Waals surface area (Å²) < 4.78 is 24.5. The summed E-state index contributed by atoms with van der Waals surface area (Å²) in [6.45, 7) is 0. The van der Waals surface area contributed by atoms with E-state index in [0.717, 1.165) is 5.69 Å². The Balaban J connectivity index is 1.77. The molecule has 0 bridgehead atoms. The van der Waals surface area contributed by atoms with E-state index in [-0.39, 0.29) is 29.3 Å². The average molecular weight is 389 g/mol. The number of nitro groups is 1. The number of benzene rings is 2. The van der Waals surface area contributed by atoms with Crippen molar-refractivity contribution in [1.82, 2.24) is 0 Å². The molecule has 2 aliphatic heterocycles. The molecule has 0 saturated carbocycles. The molecule has 2 aliphatic rings. The molecule has 0 N–H and O–H groups in total. The maximum Gasteiger partial charge on any atom is 0.269 e. The monoisotopic (exact) mass is 389 g/mol. The van der Waals surface area contributed by atoms with E-state index in [0.29, 0.717) is 10.8 Å². The Morgan fingerprint density at radius 2 is 1.42 bits per heavy atom. The molecule has 26 heavy (non-hydrogen) atoms. The van der Waals surface area contributed by atoms with Crippen LogP contribution in [0.15, 0.2) is 54.6 Å². The van der Waals surface area contributed by atoms with Gasteiger partial charge in [-0.15, -0.1) is 0 Å². The van der Waals surface area contributed by atoms with Crippen LogP contribution >= 0.6 is 12.2 Å². The smallest absolute Gasteiger partial charge is 0.269 e. The lowest BCUT2D eigenvalue weighted by Gasteiger charge is -2.25. The molecule has 0 unspecified atom stereocenters. The largest absolute Gasteiger partial charge is 0.312 e. The lowest BCUT2D eigenvalue weighted by atomic mass is 10.1. The Kier molecular flexibility index (Phi) is 3.92. The molecule has 2 aromatic carbocycles. The predicted molar refractivity (Wildman–Crippen MR) is 103 cm³/mol. The minimum absolute atomic E-state index is 0.0120. The van der Waals surface area contributed by atoms with Gasteiger partial charge in [-0.3, -0.25) is 10.1 Å². The number of non-ortho nitro benzene ring substituents is 1.